The van der Waals surface area contributed by atoms with Crippen LogP contribution in [0.4, 0.5) is 0 Å². The maximum Gasteiger partial charge on any atom is 0.0999 e. The quantitative estimate of drug-likeness (QED) is 0.421. The summed E-state index contributed by atoms with van der Waals surface area (Å²) in [5.74, 6) is 2.94. The summed E-state index contributed by atoms with van der Waals surface area (Å²) >= 11 is 0. The highest BCUT2D eigenvalue weighted by molar-refractivity contribution is 6.40. The van der Waals surface area contributed by atoms with Gasteiger partial charge in [-0.25, -0.2) is 0 Å². The summed E-state index contributed by atoms with van der Waals surface area (Å²) in [6, 6.07) is 0. The van der Waals surface area contributed by atoms with Crippen molar-refractivity contribution in [3.63, 3.8) is 0 Å². The Bertz CT molecular complexity index is 294. The molecule has 1 saturated carbocycles. The second kappa shape index (κ2) is 8.11. The minimum atomic E-state index is 0.468. The molecule has 0 spiro atoms. The van der Waals surface area contributed by atoms with E-state index in [2.05, 4.69) is 50.3 Å². The Hall–Kier alpha value is 0.130. The molecule has 0 amide bonds. The smallest absolute Gasteiger partial charge is 0.0793 e. The van der Waals surface area contributed by atoms with E-state index in [0.29, 0.717) is 10.6 Å². The van der Waals surface area contributed by atoms with Gasteiger partial charge in [-0.15, -0.1) is 0 Å². The third-order valence-electron chi connectivity index (χ3n) is 6.97. The van der Waals surface area contributed by atoms with Crippen LogP contribution in [0, 0.1) is 23.2 Å². The Labute approximate surface area is 137 Å². The standard InChI is InChI=1S/C19H40B2/c1-6-8-9-13-18(4,5)19(20,21)14-17-15(3)11-12-16(17)10-7-2/h15-17H,6-14,20-21H2,1-5H3. The first-order valence-corrected chi connectivity index (χ1v) is 9.75. The van der Waals surface area contributed by atoms with Crippen LogP contribution in [0.25, 0.3) is 0 Å². The molecule has 21 heavy (non-hydrogen) atoms. The summed E-state index contributed by atoms with van der Waals surface area (Å²) in [6.45, 7) is 12.2. The van der Waals surface area contributed by atoms with E-state index in [1.54, 1.807) is 0 Å². The highest BCUT2D eigenvalue weighted by Gasteiger charge is 2.42. The van der Waals surface area contributed by atoms with Crippen molar-refractivity contribution >= 4 is 15.7 Å². The average Bonchev–Trinajstić information content (AvgIpc) is 2.71. The zero-order chi connectivity index (χ0) is 16.1. The Morgan fingerprint density at radius 1 is 1.00 bits per heavy atom. The van der Waals surface area contributed by atoms with E-state index in [4.69, 9.17) is 0 Å². The van der Waals surface area contributed by atoms with E-state index in [0.717, 1.165) is 17.8 Å². The number of unbranched alkanes of at least 4 members (excludes halogenated alkanes) is 2. The second-order valence-electron chi connectivity index (χ2n) is 9.20. The molecule has 1 aliphatic carbocycles. The zero-order valence-corrected chi connectivity index (χ0v) is 16.1. The first kappa shape index (κ1) is 19.2. The summed E-state index contributed by atoms with van der Waals surface area (Å²) < 4.78 is 0. The molecule has 0 heterocycles. The largest absolute Gasteiger partial charge is 0.0999 e. The molecule has 122 valence electrons. The van der Waals surface area contributed by atoms with Crippen molar-refractivity contribution in [2.24, 2.45) is 23.2 Å². The van der Waals surface area contributed by atoms with Gasteiger partial charge in [0.05, 0.1) is 15.7 Å². The topological polar surface area (TPSA) is 0 Å². The lowest BCUT2D eigenvalue weighted by atomic mass is 9.39. The van der Waals surface area contributed by atoms with E-state index in [9.17, 15) is 0 Å². The molecule has 0 aromatic carbocycles. The molecule has 3 atom stereocenters. The summed E-state index contributed by atoms with van der Waals surface area (Å²) in [7, 11) is 5.10. The van der Waals surface area contributed by atoms with Gasteiger partial charge in [0.25, 0.3) is 0 Å². The third-order valence-corrected chi connectivity index (χ3v) is 6.97. The van der Waals surface area contributed by atoms with Gasteiger partial charge in [0.1, 0.15) is 0 Å². The van der Waals surface area contributed by atoms with Gasteiger partial charge in [0.2, 0.25) is 0 Å². The SMILES string of the molecule is BC(B)(CC1C(C)CCC1CCC)C(C)(C)CCCCC. The summed E-state index contributed by atoms with van der Waals surface area (Å²) in [5, 5.41) is 0.468. The third kappa shape index (κ3) is 5.07. The number of hydrogen-bond acceptors (Lipinski definition) is 0. The molecule has 0 N–H and O–H groups in total. The van der Waals surface area contributed by atoms with Crippen LogP contribution in [-0.4, -0.2) is 15.7 Å². The molecule has 0 aliphatic heterocycles. The predicted octanol–water partition coefficient (Wildman–Crippen LogP) is 4.83. The van der Waals surface area contributed by atoms with Gasteiger partial charge in [-0.2, -0.15) is 0 Å². The van der Waals surface area contributed by atoms with Gasteiger partial charge in [0.15, 0.2) is 0 Å². The van der Waals surface area contributed by atoms with Gasteiger partial charge in [-0.05, 0) is 36.0 Å². The van der Waals surface area contributed by atoms with E-state index >= 15 is 0 Å². The minimum absolute atomic E-state index is 0.468. The van der Waals surface area contributed by atoms with Crippen LogP contribution in [-0.2, 0) is 0 Å². The van der Waals surface area contributed by atoms with Crippen LogP contribution in [0.5, 0.6) is 0 Å². The first-order chi connectivity index (χ1) is 9.75. The summed E-state index contributed by atoms with van der Waals surface area (Å²) in [5.41, 5.74) is 0.473. The highest BCUT2D eigenvalue weighted by atomic mass is 14.4. The maximum absolute atomic E-state index is 2.55. The van der Waals surface area contributed by atoms with E-state index in [1.165, 1.54) is 57.8 Å². The fraction of sp³-hybridized carbons (Fsp3) is 1.00. The van der Waals surface area contributed by atoms with E-state index in [-0.39, 0.29) is 0 Å². The molecular formula is C19H40B2. The normalized spacial score (nSPS) is 27.2. The van der Waals surface area contributed by atoms with Crippen LogP contribution < -0.4 is 0 Å². The van der Waals surface area contributed by atoms with Crippen molar-refractivity contribution in [3.8, 4) is 0 Å². The maximum atomic E-state index is 2.55. The zero-order valence-electron chi connectivity index (χ0n) is 16.1. The molecule has 0 nitrogen and oxygen atoms in total. The van der Waals surface area contributed by atoms with Crippen LogP contribution in [0.2, 0.25) is 5.21 Å². The predicted molar refractivity (Wildman–Crippen MR) is 103 cm³/mol. The molecule has 0 radical (unpaired) electrons. The number of rotatable bonds is 9. The molecule has 0 saturated heterocycles. The summed E-state index contributed by atoms with van der Waals surface area (Å²) in [4.78, 5) is 0. The van der Waals surface area contributed by atoms with Gasteiger partial charge in [-0.3, -0.25) is 0 Å². The lowest BCUT2D eigenvalue weighted by Crippen LogP contribution is -2.36. The number of hydrogen-bond donors (Lipinski definition) is 0. The second-order valence-corrected chi connectivity index (χ2v) is 9.20. The van der Waals surface area contributed by atoms with Crippen molar-refractivity contribution < 1.29 is 0 Å². The van der Waals surface area contributed by atoms with E-state index < -0.39 is 0 Å². The van der Waals surface area contributed by atoms with Gasteiger partial charge in [-0.1, -0.05) is 84.8 Å². The fourth-order valence-corrected chi connectivity index (χ4v) is 4.49. The Kier molecular flexibility index (Phi) is 7.41. The molecule has 2 heteroatoms. The molecule has 1 aliphatic rings. The van der Waals surface area contributed by atoms with Crippen LogP contribution in [0.3, 0.4) is 0 Å². The minimum Gasteiger partial charge on any atom is -0.0793 e. The molecule has 0 aromatic heterocycles. The molecule has 0 bridgehead atoms. The van der Waals surface area contributed by atoms with Crippen molar-refractivity contribution in [1.82, 2.24) is 0 Å². The molecule has 0 aromatic rings. The lowest BCUT2D eigenvalue weighted by molar-refractivity contribution is 0.195. The molecule has 1 fully saturated rings. The monoisotopic (exact) mass is 290 g/mol. The molecule has 1 rings (SSSR count). The van der Waals surface area contributed by atoms with E-state index in [1.807, 2.05) is 0 Å². The van der Waals surface area contributed by atoms with Gasteiger partial charge in [0, 0.05) is 0 Å². The fourth-order valence-electron chi connectivity index (χ4n) is 4.49. The molecule has 3 unspecified atom stereocenters. The van der Waals surface area contributed by atoms with Crippen LogP contribution in [0.15, 0.2) is 0 Å². The van der Waals surface area contributed by atoms with Crippen molar-refractivity contribution in [2.75, 3.05) is 0 Å². The van der Waals surface area contributed by atoms with Gasteiger partial charge >= 0.3 is 0 Å². The lowest BCUT2D eigenvalue weighted by Gasteiger charge is -2.45. The Morgan fingerprint density at radius 2 is 1.67 bits per heavy atom. The van der Waals surface area contributed by atoms with Gasteiger partial charge < -0.3 is 0 Å². The van der Waals surface area contributed by atoms with Crippen molar-refractivity contribution in [2.45, 2.75) is 97.6 Å². The van der Waals surface area contributed by atoms with Crippen molar-refractivity contribution in [3.05, 3.63) is 0 Å². The summed E-state index contributed by atoms with van der Waals surface area (Å²) in [6.07, 6.45) is 12.8. The van der Waals surface area contributed by atoms with Crippen LogP contribution >= 0.6 is 0 Å². The highest BCUT2D eigenvalue weighted by Crippen LogP contribution is 2.53. The first-order valence-electron chi connectivity index (χ1n) is 9.75. The Balaban J connectivity index is 2.68. The Morgan fingerprint density at radius 3 is 2.24 bits per heavy atom. The average molecular weight is 290 g/mol. The molecular weight excluding hydrogens is 250 g/mol. The van der Waals surface area contributed by atoms with Crippen molar-refractivity contribution in [1.29, 1.82) is 0 Å². The van der Waals surface area contributed by atoms with Crippen LogP contribution in [0.1, 0.15) is 92.4 Å².